The number of benzene rings is 1. The second kappa shape index (κ2) is 4.69. The molecule has 0 saturated heterocycles. The first-order valence-corrected chi connectivity index (χ1v) is 5.92. The molecule has 0 unspecified atom stereocenters. The zero-order valence-electron chi connectivity index (χ0n) is 11.1. The van der Waals surface area contributed by atoms with Crippen LogP contribution in [-0.2, 0) is 0 Å². The molecule has 3 heteroatoms. The SMILES string of the molecule is Cc1ccc(NC(=O)c2c(C)coc2C)cc1C. The lowest BCUT2D eigenvalue weighted by atomic mass is 10.1. The van der Waals surface area contributed by atoms with E-state index in [9.17, 15) is 4.79 Å². The number of carbonyl (C=O) groups is 1. The summed E-state index contributed by atoms with van der Waals surface area (Å²) in [5.74, 6) is 0.524. The third-order valence-corrected chi connectivity index (χ3v) is 3.15. The predicted molar refractivity (Wildman–Crippen MR) is 72.1 cm³/mol. The van der Waals surface area contributed by atoms with Gasteiger partial charge in [-0.15, -0.1) is 0 Å². The van der Waals surface area contributed by atoms with Gasteiger partial charge in [0.05, 0.1) is 11.8 Å². The quantitative estimate of drug-likeness (QED) is 0.872. The van der Waals surface area contributed by atoms with E-state index >= 15 is 0 Å². The topological polar surface area (TPSA) is 42.2 Å². The van der Waals surface area contributed by atoms with Crippen LogP contribution in [0.5, 0.6) is 0 Å². The molecule has 2 rings (SSSR count). The number of rotatable bonds is 2. The molecule has 94 valence electrons. The number of anilines is 1. The molecule has 0 spiro atoms. The molecule has 1 aromatic heterocycles. The van der Waals surface area contributed by atoms with Crippen molar-refractivity contribution in [2.45, 2.75) is 27.7 Å². The number of aryl methyl sites for hydroxylation is 4. The molecule has 3 nitrogen and oxygen atoms in total. The Morgan fingerprint density at radius 2 is 1.78 bits per heavy atom. The number of hydrogen-bond donors (Lipinski definition) is 1. The summed E-state index contributed by atoms with van der Waals surface area (Å²) in [6.45, 7) is 7.73. The minimum absolute atomic E-state index is 0.123. The Bertz CT molecular complexity index is 577. The lowest BCUT2D eigenvalue weighted by molar-refractivity contribution is 0.102. The lowest BCUT2D eigenvalue weighted by Crippen LogP contribution is -2.13. The largest absolute Gasteiger partial charge is 0.469 e. The lowest BCUT2D eigenvalue weighted by Gasteiger charge is -2.07. The van der Waals surface area contributed by atoms with Crippen LogP contribution in [0.25, 0.3) is 0 Å². The van der Waals surface area contributed by atoms with E-state index < -0.39 is 0 Å². The van der Waals surface area contributed by atoms with Gasteiger partial charge >= 0.3 is 0 Å². The summed E-state index contributed by atoms with van der Waals surface area (Å²) in [4.78, 5) is 12.1. The van der Waals surface area contributed by atoms with Crippen LogP contribution in [0.15, 0.2) is 28.9 Å². The molecule has 0 atom stereocenters. The highest BCUT2D eigenvalue weighted by atomic mass is 16.3. The van der Waals surface area contributed by atoms with Crippen molar-refractivity contribution < 1.29 is 9.21 Å². The highest BCUT2D eigenvalue weighted by molar-refractivity contribution is 6.05. The van der Waals surface area contributed by atoms with Crippen LogP contribution in [0.1, 0.15) is 32.8 Å². The Kier molecular flexibility index (Phi) is 3.24. The monoisotopic (exact) mass is 243 g/mol. The fourth-order valence-electron chi connectivity index (χ4n) is 1.92. The summed E-state index contributed by atoms with van der Waals surface area (Å²) in [6.07, 6.45) is 1.60. The molecular weight excluding hydrogens is 226 g/mol. The predicted octanol–water partition coefficient (Wildman–Crippen LogP) is 3.77. The third kappa shape index (κ3) is 2.30. The summed E-state index contributed by atoms with van der Waals surface area (Å²) in [6, 6.07) is 5.88. The van der Waals surface area contributed by atoms with Gasteiger partial charge in [-0.3, -0.25) is 4.79 Å². The van der Waals surface area contributed by atoms with Crippen LogP contribution in [0, 0.1) is 27.7 Å². The van der Waals surface area contributed by atoms with Crippen molar-refractivity contribution in [1.82, 2.24) is 0 Å². The molecule has 0 fully saturated rings. The standard InChI is InChI=1S/C15H17NO2/c1-9-5-6-13(7-10(9)2)16-15(17)14-11(3)8-18-12(14)4/h5-8H,1-4H3,(H,16,17). The molecule has 0 aliphatic rings. The van der Waals surface area contributed by atoms with Crippen LogP contribution < -0.4 is 5.32 Å². The number of hydrogen-bond acceptors (Lipinski definition) is 2. The van der Waals surface area contributed by atoms with E-state index in [0.717, 1.165) is 16.8 Å². The molecule has 2 aromatic rings. The fourth-order valence-corrected chi connectivity index (χ4v) is 1.92. The van der Waals surface area contributed by atoms with E-state index in [-0.39, 0.29) is 5.91 Å². The van der Waals surface area contributed by atoms with Gasteiger partial charge in [-0.05, 0) is 51.0 Å². The van der Waals surface area contributed by atoms with Crippen molar-refractivity contribution >= 4 is 11.6 Å². The van der Waals surface area contributed by atoms with Crippen molar-refractivity contribution in [2.75, 3.05) is 5.32 Å². The van der Waals surface area contributed by atoms with Gasteiger partial charge in [0, 0.05) is 11.3 Å². The molecule has 0 radical (unpaired) electrons. The van der Waals surface area contributed by atoms with E-state index in [1.807, 2.05) is 39.0 Å². The first-order chi connectivity index (χ1) is 8.49. The molecule has 0 aliphatic carbocycles. The molecule has 1 N–H and O–H groups in total. The average molecular weight is 243 g/mol. The van der Waals surface area contributed by atoms with E-state index in [0.29, 0.717) is 11.3 Å². The molecule has 0 bridgehead atoms. The van der Waals surface area contributed by atoms with Crippen LogP contribution >= 0.6 is 0 Å². The smallest absolute Gasteiger partial charge is 0.259 e. The Morgan fingerprint density at radius 1 is 1.06 bits per heavy atom. The Balaban J connectivity index is 2.24. The third-order valence-electron chi connectivity index (χ3n) is 3.15. The molecule has 1 amide bonds. The molecule has 0 aliphatic heterocycles. The number of nitrogens with one attached hydrogen (secondary N) is 1. The van der Waals surface area contributed by atoms with Gasteiger partial charge in [0.25, 0.3) is 5.91 Å². The van der Waals surface area contributed by atoms with Gasteiger partial charge in [-0.2, -0.15) is 0 Å². The molecule has 1 aromatic carbocycles. The number of furan rings is 1. The highest BCUT2D eigenvalue weighted by Crippen LogP contribution is 2.19. The highest BCUT2D eigenvalue weighted by Gasteiger charge is 2.15. The van der Waals surface area contributed by atoms with Gasteiger partial charge in [0.1, 0.15) is 5.76 Å². The molecule has 1 heterocycles. The first-order valence-electron chi connectivity index (χ1n) is 5.92. The van der Waals surface area contributed by atoms with Crippen LogP contribution in [0.3, 0.4) is 0 Å². The van der Waals surface area contributed by atoms with E-state index in [1.54, 1.807) is 13.2 Å². The summed E-state index contributed by atoms with van der Waals surface area (Å²) >= 11 is 0. The first kappa shape index (κ1) is 12.4. The van der Waals surface area contributed by atoms with Gasteiger partial charge in [-0.25, -0.2) is 0 Å². The fraction of sp³-hybridized carbons (Fsp3) is 0.267. The van der Waals surface area contributed by atoms with Crippen LogP contribution in [0.2, 0.25) is 0 Å². The second-order valence-electron chi connectivity index (χ2n) is 4.60. The van der Waals surface area contributed by atoms with E-state index in [4.69, 9.17) is 4.42 Å². The second-order valence-corrected chi connectivity index (χ2v) is 4.60. The molecule has 0 saturated carbocycles. The zero-order valence-corrected chi connectivity index (χ0v) is 11.1. The van der Waals surface area contributed by atoms with Gasteiger partial charge in [-0.1, -0.05) is 6.07 Å². The van der Waals surface area contributed by atoms with Gasteiger partial charge < -0.3 is 9.73 Å². The maximum atomic E-state index is 12.1. The number of carbonyl (C=O) groups excluding carboxylic acids is 1. The minimum Gasteiger partial charge on any atom is -0.469 e. The van der Waals surface area contributed by atoms with Crippen molar-refractivity contribution in [2.24, 2.45) is 0 Å². The maximum absolute atomic E-state index is 12.1. The summed E-state index contributed by atoms with van der Waals surface area (Å²) in [5.41, 5.74) is 4.65. The molecule has 18 heavy (non-hydrogen) atoms. The average Bonchev–Trinajstić information content (AvgIpc) is 2.64. The van der Waals surface area contributed by atoms with E-state index in [2.05, 4.69) is 5.32 Å². The van der Waals surface area contributed by atoms with Crippen molar-refractivity contribution in [3.8, 4) is 0 Å². The summed E-state index contributed by atoms with van der Waals surface area (Å²) in [5, 5.41) is 2.90. The van der Waals surface area contributed by atoms with Crippen molar-refractivity contribution in [3.05, 3.63) is 52.5 Å². The molecular formula is C15H17NO2. The van der Waals surface area contributed by atoms with Crippen molar-refractivity contribution in [3.63, 3.8) is 0 Å². The Hall–Kier alpha value is -2.03. The minimum atomic E-state index is -0.123. The van der Waals surface area contributed by atoms with Crippen LogP contribution in [0.4, 0.5) is 5.69 Å². The van der Waals surface area contributed by atoms with E-state index in [1.165, 1.54) is 5.56 Å². The maximum Gasteiger partial charge on any atom is 0.259 e. The normalized spacial score (nSPS) is 10.4. The van der Waals surface area contributed by atoms with Crippen LogP contribution in [-0.4, -0.2) is 5.91 Å². The summed E-state index contributed by atoms with van der Waals surface area (Å²) < 4.78 is 5.24. The zero-order chi connectivity index (χ0) is 13.3. The number of amides is 1. The Labute approximate surface area is 107 Å². The Morgan fingerprint density at radius 3 is 2.33 bits per heavy atom. The van der Waals surface area contributed by atoms with Gasteiger partial charge in [0.2, 0.25) is 0 Å². The summed E-state index contributed by atoms with van der Waals surface area (Å²) in [7, 11) is 0. The van der Waals surface area contributed by atoms with Crippen molar-refractivity contribution in [1.29, 1.82) is 0 Å². The van der Waals surface area contributed by atoms with Gasteiger partial charge in [0.15, 0.2) is 0 Å².